The summed E-state index contributed by atoms with van der Waals surface area (Å²) in [5.41, 5.74) is 1.75. The molecule has 0 unspecified atom stereocenters. The van der Waals surface area contributed by atoms with Crippen LogP contribution in [0.3, 0.4) is 0 Å². The lowest BCUT2D eigenvalue weighted by Crippen LogP contribution is -2.39. The van der Waals surface area contributed by atoms with Crippen molar-refractivity contribution in [2.75, 3.05) is 32.5 Å². The van der Waals surface area contributed by atoms with Crippen LogP contribution < -0.4 is 4.90 Å². The molecule has 2 rings (SSSR count). The molecule has 0 atom stereocenters. The summed E-state index contributed by atoms with van der Waals surface area (Å²) < 4.78 is 15.2. The smallest absolute Gasteiger partial charge is 0.355 e. The monoisotopic (exact) mass is 375 g/mol. The minimum atomic E-state index is -0.700. The minimum Gasteiger partial charge on any atom is -0.466 e. The van der Waals surface area contributed by atoms with E-state index in [1.807, 2.05) is 32.9 Å². The van der Waals surface area contributed by atoms with Crippen LogP contribution >= 0.6 is 0 Å². The van der Waals surface area contributed by atoms with Crippen LogP contribution in [0.15, 0.2) is 29.5 Å². The number of esters is 2. The van der Waals surface area contributed by atoms with Gasteiger partial charge in [0, 0.05) is 5.56 Å². The average molecular weight is 375 g/mol. The Kier molecular flexibility index (Phi) is 6.05. The quantitative estimate of drug-likeness (QED) is 0.591. The van der Waals surface area contributed by atoms with Gasteiger partial charge in [-0.3, -0.25) is 4.79 Å². The van der Waals surface area contributed by atoms with Gasteiger partial charge in [0.2, 0.25) is 0 Å². The van der Waals surface area contributed by atoms with E-state index in [0.717, 1.165) is 5.56 Å². The highest BCUT2D eigenvalue weighted by molar-refractivity contribution is 6.06. The highest BCUT2D eigenvalue weighted by Crippen LogP contribution is 2.34. The van der Waals surface area contributed by atoms with E-state index in [1.165, 1.54) is 26.0 Å². The molecule has 1 aromatic carbocycles. The molecule has 1 heterocycles. The number of carbonyl (C=O) groups excluding carboxylic acids is 3. The molecule has 0 N–H and O–H groups in total. The zero-order valence-corrected chi connectivity index (χ0v) is 16.5. The molecule has 1 aliphatic heterocycles. The summed E-state index contributed by atoms with van der Waals surface area (Å²) in [6.07, 6.45) is 0. The number of benzene rings is 1. The third-order valence-electron chi connectivity index (χ3n) is 4.37. The molecule has 0 aromatic heterocycles. The van der Waals surface area contributed by atoms with E-state index in [2.05, 4.69) is 0 Å². The van der Waals surface area contributed by atoms with Crippen molar-refractivity contribution in [3.8, 4) is 0 Å². The van der Waals surface area contributed by atoms with Crippen LogP contribution in [-0.4, -0.2) is 45.3 Å². The van der Waals surface area contributed by atoms with Crippen molar-refractivity contribution in [2.45, 2.75) is 33.1 Å². The molecular formula is C20H25NO6. The Morgan fingerprint density at radius 1 is 1.07 bits per heavy atom. The maximum Gasteiger partial charge on any atom is 0.355 e. The highest BCUT2D eigenvalue weighted by atomic mass is 16.5. The van der Waals surface area contributed by atoms with Crippen LogP contribution in [0.25, 0.3) is 0 Å². The van der Waals surface area contributed by atoms with Gasteiger partial charge in [-0.25, -0.2) is 9.59 Å². The summed E-state index contributed by atoms with van der Waals surface area (Å²) >= 11 is 0. The first-order valence-electron chi connectivity index (χ1n) is 8.52. The van der Waals surface area contributed by atoms with Gasteiger partial charge in [-0.2, -0.15) is 0 Å². The average Bonchev–Trinajstić information content (AvgIpc) is 2.64. The standard InChI is InChI=1S/C20H25NO6/c1-12(22)14-8-7-13(20(2,3)4)9-16(14)21-11-27-10-15(18(23)25-5)17(21)19(24)26-6/h7-9H,10-11H2,1-6H3. The van der Waals surface area contributed by atoms with Crippen molar-refractivity contribution in [3.05, 3.63) is 40.6 Å². The largest absolute Gasteiger partial charge is 0.466 e. The Morgan fingerprint density at radius 2 is 1.70 bits per heavy atom. The Hall–Kier alpha value is -2.67. The van der Waals surface area contributed by atoms with Crippen molar-refractivity contribution in [3.63, 3.8) is 0 Å². The van der Waals surface area contributed by atoms with Crippen LogP contribution in [0.5, 0.6) is 0 Å². The lowest BCUT2D eigenvalue weighted by atomic mass is 9.85. The second-order valence-corrected chi connectivity index (χ2v) is 7.25. The molecule has 0 saturated carbocycles. The molecule has 0 spiro atoms. The maximum atomic E-state index is 12.5. The van der Waals surface area contributed by atoms with Crippen LogP contribution in [0.1, 0.15) is 43.6 Å². The molecule has 0 fully saturated rings. The molecule has 146 valence electrons. The Bertz CT molecular complexity index is 803. The number of rotatable bonds is 4. The second-order valence-electron chi connectivity index (χ2n) is 7.25. The summed E-state index contributed by atoms with van der Waals surface area (Å²) in [5, 5.41) is 0. The lowest BCUT2D eigenvalue weighted by molar-refractivity contribution is -0.140. The van der Waals surface area contributed by atoms with Crippen LogP contribution in [-0.2, 0) is 29.2 Å². The molecule has 0 aliphatic carbocycles. The highest BCUT2D eigenvalue weighted by Gasteiger charge is 2.34. The first kappa shape index (κ1) is 20.6. The topological polar surface area (TPSA) is 82.1 Å². The normalized spacial score (nSPS) is 14.8. The van der Waals surface area contributed by atoms with Crippen molar-refractivity contribution in [2.24, 2.45) is 0 Å². The predicted octanol–water partition coefficient (Wildman–Crippen LogP) is 2.58. The number of hydrogen-bond acceptors (Lipinski definition) is 7. The molecule has 0 bridgehead atoms. The number of anilines is 1. The van der Waals surface area contributed by atoms with E-state index in [-0.39, 0.29) is 35.8 Å². The van der Waals surface area contributed by atoms with E-state index in [0.29, 0.717) is 11.3 Å². The summed E-state index contributed by atoms with van der Waals surface area (Å²) in [5.74, 6) is -1.55. The van der Waals surface area contributed by atoms with Gasteiger partial charge >= 0.3 is 11.9 Å². The number of ether oxygens (including phenoxy) is 3. The van der Waals surface area contributed by atoms with Gasteiger partial charge in [-0.15, -0.1) is 0 Å². The maximum absolute atomic E-state index is 12.5. The fourth-order valence-electron chi connectivity index (χ4n) is 2.85. The van der Waals surface area contributed by atoms with Gasteiger partial charge in [-0.1, -0.05) is 26.8 Å². The summed E-state index contributed by atoms with van der Waals surface area (Å²) in [4.78, 5) is 38.3. The van der Waals surface area contributed by atoms with Gasteiger partial charge in [-0.05, 0) is 30.0 Å². The predicted molar refractivity (Wildman–Crippen MR) is 99.5 cm³/mol. The van der Waals surface area contributed by atoms with Gasteiger partial charge < -0.3 is 19.1 Å². The SMILES string of the molecule is COC(=O)C1=C(C(=O)OC)N(c2cc(C(C)(C)C)ccc2C(C)=O)COC1. The Morgan fingerprint density at radius 3 is 2.22 bits per heavy atom. The molecule has 0 saturated heterocycles. The lowest BCUT2D eigenvalue weighted by Gasteiger charge is -2.33. The molecular weight excluding hydrogens is 350 g/mol. The van der Waals surface area contributed by atoms with Gasteiger partial charge in [0.15, 0.2) is 5.78 Å². The number of hydrogen-bond donors (Lipinski definition) is 0. The second kappa shape index (κ2) is 7.92. The van der Waals surface area contributed by atoms with E-state index < -0.39 is 11.9 Å². The number of ketones is 1. The van der Waals surface area contributed by atoms with Crippen molar-refractivity contribution < 1.29 is 28.6 Å². The zero-order chi connectivity index (χ0) is 20.4. The Balaban J connectivity index is 2.74. The number of methoxy groups -OCH3 is 2. The number of carbonyl (C=O) groups is 3. The van der Waals surface area contributed by atoms with Crippen molar-refractivity contribution in [1.29, 1.82) is 0 Å². The Labute approximate surface area is 158 Å². The molecule has 1 aliphatic rings. The summed E-state index contributed by atoms with van der Waals surface area (Å²) in [6.45, 7) is 7.50. The molecule has 27 heavy (non-hydrogen) atoms. The molecule has 0 radical (unpaired) electrons. The van der Waals surface area contributed by atoms with Gasteiger partial charge in [0.05, 0.1) is 32.1 Å². The van der Waals surface area contributed by atoms with E-state index >= 15 is 0 Å². The van der Waals surface area contributed by atoms with Crippen molar-refractivity contribution >= 4 is 23.4 Å². The number of Topliss-reactive ketones (excluding diaryl/α,β-unsaturated/α-hetero) is 1. The van der Waals surface area contributed by atoms with Gasteiger partial charge in [0.1, 0.15) is 12.4 Å². The molecule has 0 amide bonds. The number of nitrogens with zero attached hydrogens (tertiary/aromatic N) is 1. The fraction of sp³-hybridized carbons (Fsp3) is 0.450. The fourth-order valence-corrected chi connectivity index (χ4v) is 2.85. The summed E-state index contributed by atoms with van der Waals surface area (Å²) in [7, 11) is 2.46. The van der Waals surface area contributed by atoms with E-state index in [1.54, 1.807) is 6.07 Å². The van der Waals surface area contributed by atoms with Crippen molar-refractivity contribution in [1.82, 2.24) is 0 Å². The third-order valence-corrected chi connectivity index (χ3v) is 4.37. The van der Waals surface area contributed by atoms with E-state index in [4.69, 9.17) is 14.2 Å². The van der Waals surface area contributed by atoms with Crippen LogP contribution in [0, 0.1) is 0 Å². The third kappa shape index (κ3) is 4.19. The first-order chi connectivity index (χ1) is 12.6. The minimum absolute atomic E-state index is 0.00119. The molecule has 1 aromatic rings. The zero-order valence-electron chi connectivity index (χ0n) is 16.5. The molecule has 7 heteroatoms. The van der Waals surface area contributed by atoms with Crippen LogP contribution in [0.2, 0.25) is 0 Å². The summed E-state index contributed by atoms with van der Waals surface area (Å²) in [6, 6.07) is 5.44. The van der Waals surface area contributed by atoms with Crippen LogP contribution in [0.4, 0.5) is 5.69 Å². The van der Waals surface area contributed by atoms with E-state index in [9.17, 15) is 14.4 Å². The van der Waals surface area contributed by atoms with Gasteiger partial charge in [0.25, 0.3) is 0 Å². The first-order valence-corrected chi connectivity index (χ1v) is 8.52. The molecule has 7 nitrogen and oxygen atoms in total.